The normalized spacial score (nSPS) is 12.7. The molecule has 0 aliphatic rings. The van der Waals surface area contributed by atoms with E-state index in [0.717, 1.165) is 28.1 Å². The van der Waals surface area contributed by atoms with Crippen LogP contribution >= 0.6 is 11.6 Å². The van der Waals surface area contributed by atoms with E-state index in [1.165, 1.54) is 0 Å². The fourth-order valence-corrected chi connectivity index (χ4v) is 2.15. The number of hydrogen-bond acceptors (Lipinski definition) is 2. The molecule has 0 aliphatic heterocycles. The molecule has 1 heterocycles. The van der Waals surface area contributed by atoms with Gasteiger partial charge in [-0.05, 0) is 36.1 Å². The third kappa shape index (κ3) is 2.68. The Morgan fingerprint density at radius 2 is 2.24 bits per heavy atom. The van der Waals surface area contributed by atoms with E-state index < -0.39 is 0 Å². The minimum Gasteiger partial charge on any atom is -0.324 e. The van der Waals surface area contributed by atoms with Crippen LogP contribution in [0.1, 0.15) is 22.7 Å². The van der Waals surface area contributed by atoms with Gasteiger partial charge in [-0.2, -0.15) is 5.10 Å². The van der Waals surface area contributed by atoms with Crippen LogP contribution < -0.4 is 5.73 Å². The molecule has 4 heteroatoms. The Hall–Kier alpha value is -1.32. The quantitative estimate of drug-likeness (QED) is 0.909. The summed E-state index contributed by atoms with van der Waals surface area (Å²) in [4.78, 5) is 0. The lowest BCUT2D eigenvalue weighted by Gasteiger charge is -2.14. The van der Waals surface area contributed by atoms with Crippen molar-refractivity contribution in [2.45, 2.75) is 19.4 Å². The van der Waals surface area contributed by atoms with Gasteiger partial charge in [0.25, 0.3) is 0 Å². The highest BCUT2D eigenvalue weighted by atomic mass is 35.5. The average molecular weight is 250 g/mol. The molecule has 0 aliphatic carbocycles. The largest absolute Gasteiger partial charge is 0.324 e. The van der Waals surface area contributed by atoms with Crippen molar-refractivity contribution in [1.29, 1.82) is 0 Å². The number of hydrogen-bond donors (Lipinski definition) is 1. The van der Waals surface area contributed by atoms with Gasteiger partial charge in [0.15, 0.2) is 0 Å². The zero-order valence-corrected chi connectivity index (χ0v) is 10.8. The molecule has 1 aromatic carbocycles. The minimum absolute atomic E-state index is 0.0436. The summed E-state index contributed by atoms with van der Waals surface area (Å²) in [5.74, 6) is 0. The molecule has 0 amide bonds. The van der Waals surface area contributed by atoms with Crippen LogP contribution in [0, 0.1) is 6.92 Å². The van der Waals surface area contributed by atoms with Crippen LogP contribution in [0.25, 0.3) is 0 Å². The number of benzene rings is 1. The molecular formula is C13H16ClN3. The molecule has 17 heavy (non-hydrogen) atoms. The molecule has 0 bridgehead atoms. The number of rotatable bonds is 3. The van der Waals surface area contributed by atoms with E-state index in [9.17, 15) is 0 Å². The van der Waals surface area contributed by atoms with Gasteiger partial charge in [-0.3, -0.25) is 4.68 Å². The molecule has 0 saturated heterocycles. The van der Waals surface area contributed by atoms with Crippen LogP contribution in [-0.4, -0.2) is 9.78 Å². The van der Waals surface area contributed by atoms with Gasteiger partial charge in [-0.25, -0.2) is 0 Å². The lowest BCUT2D eigenvalue weighted by Crippen LogP contribution is -2.14. The van der Waals surface area contributed by atoms with E-state index in [0.29, 0.717) is 0 Å². The average Bonchev–Trinajstić information content (AvgIpc) is 2.68. The van der Waals surface area contributed by atoms with E-state index in [1.807, 2.05) is 44.6 Å². The molecule has 3 nitrogen and oxygen atoms in total. The highest BCUT2D eigenvalue weighted by molar-refractivity contribution is 6.31. The van der Waals surface area contributed by atoms with Gasteiger partial charge < -0.3 is 5.73 Å². The van der Waals surface area contributed by atoms with Crippen molar-refractivity contribution >= 4 is 11.6 Å². The molecule has 90 valence electrons. The first-order chi connectivity index (χ1) is 8.08. The maximum absolute atomic E-state index is 6.21. The smallest absolute Gasteiger partial charge is 0.0522 e. The van der Waals surface area contributed by atoms with Crippen molar-refractivity contribution in [3.8, 4) is 0 Å². The standard InChI is InChI=1S/C13H16ClN3/c1-9-11(4-3-5-12(9)14)13(15)6-10-7-16-17(2)8-10/h3-5,7-8,13H,6,15H2,1-2H3. The first-order valence-corrected chi connectivity index (χ1v) is 5.94. The Bertz CT molecular complexity index is 519. The monoisotopic (exact) mass is 249 g/mol. The van der Waals surface area contributed by atoms with Crippen LogP contribution in [-0.2, 0) is 13.5 Å². The van der Waals surface area contributed by atoms with E-state index in [4.69, 9.17) is 17.3 Å². The van der Waals surface area contributed by atoms with Crippen molar-refractivity contribution in [3.63, 3.8) is 0 Å². The fourth-order valence-electron chi connectivity index (χ4n) is 1.97. The second-order valence-electron chi connectivity index (χ2n) is 4.29. The van der Waals surface area contributed by atoms with Gasteiger partial charge in [0.1, 0.15) is 0 Å². The van der Waals surface area contributed by atoms with Crippen molar-refractivity contribution < 1.29 is 0 Å². The van der Waals surface area contributed by atoms with Crippen LogP contribution in [0.4, 0.5) is 0 Å². The molecule has 0 saturated carbocycles. The molecule has 1 atom stereocenters. The summed E-state index contributed by atoms with van der Waals surface area (Å²) in [6, 6.07) is 5.81. The third-order valence-corrected chi connectivity index (χ3v) is 3.33. The summed E-state index contributed by atoms with van der Waals surface area (Å²) in [6.45, 7) is 2.00. The lowest BCUT2D eigenvalue weighted by molar-refractivity contribution is 0.714. The Morgan fingerprint density at radius 1 is 1.47 bits per heavy atom. The summed E-state index contributed by atoms with van der Waals surface area (Å²) < 4.78 is 1.78. The summed E-state index contributed by atoms with van der Waals surface area (Å²) in [5, 5.41) is 4.91. The van der Waals surface area contributed by atoms with Gasteiger partial charge >= 0.3 is 0 Å². The predicted octanol–water partition coefficient (Wildman–Crippen LogP) is 2.62. The van der Waals surface area contributed by atoms with E-state index in [1.54, 1.807) is 4.68 Å². The molecule has 2 rings (SSSR count). The molecule has 0 fully saturated rings. The Kier molecular flexibility index (Phi) is 3.50. The lowest BCUT2D eigenvalue weighted by atomic mass is 9.97. The molecule has 2 aromatic rings. The molecule has 0 spiro atoms. The highest BCUT2D eigenvalue weighted by Gasteiger charge is 2.12. The highest BCUT2D eigenvalue weighted by Crippen LogP contribution is 2.24. The van der Waals surface area contributed by atoms with E-state index in [-0.39, 0.29) is 6.04 Å². The van der Waals surface area contributed by atoms with Crippen molar-refractivity contribution in [3.05, 3.63) is 52.3 Å². The van der Waals surface area contributed by atoms with Crippen LogP contribution in [0.3, 0.4) is 0 Å². The third-order valence-electron chi connectivity index (χ3n) is 2.92. The molecule has 0 radical (unpaired) electrons. The van der Waals surface area contributed by atoms with Gasteiger partial charge in [0, 0.05) is 24.3 Å². The Labute approximate surface area is 106 Å². The van der Waals surface area contributed by atoms with Crippen molar-refractivity contribution in [1.82, 2.24) is 9.78 Å². The number of halogens is 1. The predicted molar refractivity (Wildman–Crippen MR) is 70.0 cm³/mol. The van der Waals surface area contributed by atoms with E-state index >= 15 is 0 Å². The molecule has 2 N–H and O–H groups in total. The summed E-state index contributed by atoms with van der Waals surface area (Å²) in [6.07, 6.45) is 4.61. The number of nitrogens with two attached hydrogens (primary N) is 1. The van der Waals surface area contributed by atoms with Gasteiger partial charge in [0.2, 0.25) is 0 Å². The number of aromatic nitrogens is 2. The summed E-state index contributed by atoms with van der Waals surface area (Å²) >= 11 is 6.09. The SMILES string of the molecule is Cc1c(Cl)cccc1C(N)Cc1cnn(C)c1. The Balaban J connectivity index is 2.20. The zero-order valence-electron chi connectivity index (χ0n) is 10.0. The number of nitrogens with zero attached hydrogens (tertiary/aromatic N) is 2. The van der Waals surface area contributed by atoms with Crippen LogP contribution in [0.2, 0.25) is 5.02 Å². The zero-order chi connectivity index (χ0) is 12.4. The second kappa shape index (κ2) is 4.90. The van der Waals surface area contributed by atoms with E-state index in [2.05, 4.69) is 5.10 Å². The van der Waals surface area contributed by atoms with Gasteiger partial charge in [-0.1, -0.05) is 23.7 Å². The number of aryl methyl sites for hydroxylation is 1. The Morgan fingerprint density at radius 3 is 2.88 bits per heavy atom. The van der Waals surface area contributed by atoms with Crippen LogP contribution in [0.15, 0.2) is 30.6 Å². The maximum Gasteiger partial charge on any atom is 0.0522 e. The summed E-state index contributed by atoms with van der Waals surface area (Å²) in [5.41, 5.74) is 9.51. The topological polar surface area (TPSA) is 43.8 Å². The van der Waals surface area contributed by atoms with Gasteiger partial charge in [0.05, 0.1) is 6.20 Å². The molecular weight excluding hydrogens is 234 g/mol. The second-order valence-corrected chi connectivity index (χ2v) is 4.69. The maximum atomic E-state index is 6.21. The molecule has 1 aromatic heterocycles. The fraction of sp³-hybridized carbons (Fsp3) is 0.308. The first kappa shape index (κ1) is 12.1. The van der Waals surface area contributed by atoms with Crippen molar-refractivity contribution in [2.24, 2.45) is 12.8 Å². The van der Waals surface area contributed by atoms with Gasteiger partial charge in [-0.15, -0.1) is 0 Å². The van der Waals surface area contributed by atoms with Crippen LogP contribution in [0.5, 0.6) is 0 Å². The molecule has 1 unspecified atom stereocenters. The summed E-state index contributed by atoms with van der Waals surface area (Å²) in [7, 11) is 1.90. The first-order valence-electron chi connectivity index (χ1n) is 5.56. The minimum atomic E-state index is -0.0436. The van der Waals surface area contributed by atoms with Crippen molar-refractivity contribution in [2.75, 3.05) is 0 Å².